The Morgan fingerprint density at radius 2 is 1.52 bits per heavy atom. The van der Waals surface area contributed by atoms with Crippen LogP contribution in [-0.2, 0) is 4.79 Å². The van der Waals surface area contributed by atoms with Gasteiger partial charge in [-0.15, -0.1) is 0 Å². The van der Waals surface area contributed by atoms with Crippen LogP contribution in [0.1, 0.15) is 13.3 Å². The number of carbonyl (C=O) groups excluding carboxylic acids is 1. The van der Waals surface area contributed by atoms with E-state index in [2.05, 4.69) is 5.32 Å². The lowest BCUT2D eigenvalue weighted by Crippen LogP contribution is -2.32. The van der Waals surface area contributed by atoms with E-state index in [-0.39, 0.29) is 5.91 Å². The molecule has 27 heavy (non-hydrogen) atoms. The first-order valence-corrected chi connectivity index (χ1v) is 8.98. The molecule has 3 rings (SSSR count). The molecule has 0 radical (unpaired) electrons. The Hall–Kier alpha value is -3.27. The quantitative estimate of drug-likeness (QED) is 0.632. The first-order valence-electron chi connectivity index (χ1n) is 8.98. The maximum atomic E-state index is 12.9. The second-order valence-corrected chi connectivity index (χ2v) is 6.07. The molecule has 0 aliphatic heterocycles. The first kappa shape index (κ1) is 18.5. The van der Waals surface area contributed by atoms with Gasteiger partial charge in [-0.3, -0.25) is 4.79 Å². The number of hydrogen-bond acceptors (Lipinski definition) is 3. The molecule has 1 amide bonds. The first-order chi connectivity index (χ1) is 13.2. The minimum absolute atomic E-state index is 0.188. The normalized spacial score (nSPS) is 11.5. The molecule has 138 valence electrons. The van der Waals surface area contributed by atoms with Crippen molar-refractivity contribution in [3.63, 3.8) is 0 Å². The summed E-state index contributed by atoms with van der Waals surface area (Å²) in [4.78, 5) is 12.9. The van der Waals surface area contributed by atoms with Crippen molar-refractivity contribution in [2.24, 2.45) is 0 Å². The van der Waals surface area contributed by atoms with E-state index < -0.39 is 6.10 Å². The number of benzene rings is 3. The van der Waals surface area contributed by atoms with Crippen LogP contribution in [0, 0.1) is 0 Å². The summed E-state index contributed by atoms with van der Waals surface area (Å²) in [7, 11) is 1.58. The van der Waals surface area contributed by atoms with Crippen LogP contribution >= 0.6 is 0 Å². The molecular weight excluding hydrogens is 338 g/mol. The zero-order chi connectivity index (χ0) is 19.1. The van der Waals surface area contributed by atoms with Gasteiger partial charge in [0.25, 0.3) is 5.91 Å². The Morgan fingerprint density at radius 1 is 0.889 bits per heavy atom. The molecule has 0 aliphatic carbocycles. The van der Waals surface area contributed by atoms with Gasteiger partial charge in [0.1, 0.15) is 0 Å². The Balaban J connectivity index is 1.80. The van der Waals surface area contributed by atoms with Crippen molar-refractivity contribution in [3.8, 4) is 22.6 Å². The fourth-order valence-electron chi connectivity index (χ4n) is 2.87. The van der Waals surface area contributed by atoms with E-state index in [1.807, 2.05) is 79.7 Å². The van der Waals surface area contributed by atoms with Crippen molar-refractivity contribution in [2.45, 2.75) is 19.4 Å². The van der Waals surface area contributed by atoms with Gasteiger partial charge in [-0.25, -0.2) is 0 Å². The van der Waals surface area contributed by atoms with E-state index in [4.69, 9.17) is 9.47 Å². The van der Waals surface area contributed by atoms with E-state index in [0.29, 0.717) is 17.9 Å². The average Bonchev–Trinajstić information content (AvgIpc) is 2.73. The molecule has 0 heterocycles. The summed E-state index contributed by atoms with van der Waals surface area (Å²) < 4.78 is 11.2. The van der Waals surface area contributed by atoms with Crippen LogP contribution in [0.5, 0.6) is 11.5 Å². The summed E-state index contributed by atoms with van der Waals surface area (Å²) in [6, 6.07) is 25.1. The summed E-state index contributed by atoms with van der Waals surface area (Å²) in [6.07, 6.45) is -0.0812. The number of ether oxygens (including phenoxy) is 2. The van der Waals surface area contributed by atoms with E-state index in [1.54, 1.807) is 13.2 Å². The number of rotatable bonds is 7. The fraction of sp³-hybridized carbons (Fsp3) is 0.174. The molecule has 0 saturated heterocycles. The molecule has 3 aromatic carbocycles. The van der Waals surface area contributed by atoms with Crippen LogP contribution < -0.4 is 14.8 Å². The third-order valence-corrected chi connectivity index (χ3v) is 4.27. The number of amides is 1. The molecular formula is C23H23NO3. The molecule has 4 heteroatoms. The van der Waals surface area contributed by atoms with Gasteiger partial charge in [-0.1, -0.05) is 67.6 Å². The highest BCUT2D eigenvalue weighted by molar-refractivity contribution is 5.98. The van der Waals surface area contributed by atoms with Crippen molar-refractivity contribution < 1.29 is 14.3 Å². The lowest BCUT2D eigenvalue weighted by molar-refractivity contribution is -0.122. The Morgan fingerprint density at radius 3 is 2.22 bits per heavy atom. The van der Waals surface area contributed by atoms with Gasteiger partial charge in [0.15, 0.2) is 17.6 Å². The number of anilines is 1. The van der Waals surface area contributed by atoms with Gasteiger partial charge in [-0.2, -0.15) is 0 Å². The molecule has 0 aromatic heterocycles. The molecule has 0 saturated carbocycles. The summed E-state index contributed by atoms with van der Waals surface area (Å²) in [5, 5.41) is 3.01. The summed E-state index contributed by atoms with van der Waals surface area (Å²) in [5.41, 5.74) is 2.78. The van der Waals surface area contributed by atoms with Crippen molar-refractivity contribution >= 4 is 11.6 Å². The standard InChI is InChI=1S/C23H23NO3/c1-3-20(27-22-16-10-9-15-21(22)26-2)23(25)24-19-14-8-7-13-18(19)17-11-5-4-6-12-17/h4-16,20H,3H2,1-2H3,(H,24,25)/t20-/m1/s1. The molecule has 0 aliphatic rings. The van der Waals surface area contributed by atoms with Crippen molar-refractivity contribution in [1.82, 2.24) is 0 Å². The number of carbonyl (C=O) groups is 1. The summed E-state index contributed by atoms with van der Waals surface area (Å²) in [5.74, 6) is 0.971. The molecule has 0 spiro atoms. The van der Waals surface area contributed by atoms with Gasteiger partial charge in [0, 0.05) is 11.3 Å². The van der Waals surface area contributed by atoms with Crippen LogP contribution in [0.2, 0.25) is 0 Å². The Bertz CT molecular complexity index is 893. The van der Waals surface area contributed by atoms with Crippen LogP contribution in [0.3, 0.4) is 0 Å². The lowest BCUT2D eigenvalue weighted by Gasteiger charge is -2.20. The van der Waals surface area contributed by atoms with Crippen molar-refractivity contribution in [2.75, 3.05) is 12.4 Å². The zero-order valence-electron chi connectivity index (χ0n) is 15.5. The predicted octanol–water partition coefficient (Wildman–Crippen LogP) is 5.16. The molecule has 1 atom stereocenters. The molecule has 0 unspecified atom stereocenters. The van der Waals surface area contributed by atoms with Gasteiger partial charge in [0.2, 0.25) is 0 Å². The predicted molar refractivity (Wildman–Crippen MR) is 108 cm³/mol. The van der Waals surface area contributed by atoms with Crippen LogP contribution in [0.15, 0.2) is 78.9 Å². The Kier molecular flexibility index (Phi) is 6.10. The van der Waals surface area contributed by atoms with Crippen LogP contribution in [0.25, 0.3) is 11.1 Å². The van der Waals surface area contributed by atoms with Crippen molar-refractivity contribution in [1.29, 1.82) is 0 Å². The van der Waals surface area contributed by atoms with Gasteiger partial charge in [-0.05, 0) is 30.2 Å². The summed E-state index contributed by atoms with van der Waals surface area (Å²) >= 11 is 0. The number of methoxy groups -OCH3 is 1. The molecule has 1 N–H and O–H groups in total. The van der Waals surface area contributed by atoms with Crippen LogP contribution in [-0.4, -0.2) is 19.1 Å². The third kappa shape index (κ3) is 4.47. The molecule has 0 fully saturated rings. The summed E-state index contributed by atoms with van der Waals surface area (Å²) in [6.45, 7) is 1.92. The highest BCUT2D eigenvalue weighted by Crippen LogP contribution is 2.29. The van der Waals surface area contributed by atoms with Gasteiger partial charge >= 0.3 is 0 Å². The molecule has 0 bridgehead atoms. The fourth-order valence-corrected chi connectivity index (χ4v) is 2.87. The largest absolute Gasteiger partial charge is 0.493 e. The smallest absolute Gasteiger partial charge is 0.265 e. The highest BCUT2D eigenvalue weighted by Gasteiger charge is 2.21. The van der Waals surface area contributed by atoms with E-state index in [9.17, 15) is 4.79 Å². The Labute approximate surface area is 159 Å². The highest BCUT2D eigenvalue weighted by atomic mass is 16.5. The maximum absolute atomic E-state index is 12.9. The van der Waals surface area contributed by atoms with Gasteiger partial charge in [0.05, 0.1) is 7.11 Å². The minimum Gasteiger partial charge on any atom is -0.493 e. The van der Waals surface area contributed by atoms with Gasteiger partial charge < -0.3 is 14.8 Å². The number of hydrogen-bond donors (Lipinski definition) is 1. The second-order valence-electron chi connectivity index (χ2n) is 6.07. The monoisotopic (exact) mass is 361 g/mol. The van der Waals surface area contributed by atoms with Crippen LogP contribution in [0.4, 0.5) is 5.69 Å². The van der Waals surface area contributed by atoms with E-state index >= 15 is 0 Å². The minimum atomic E-state index is -0.620. The number of nitrogens with one attached hydrogen (secondary N) is 1. The second kappa shape index (κ2) is 8.90. The van der Waals surface area contributed by atoms with E-state index in [0.717, 1.165) is 16.8 Å². The lowest BCUT2D eigenvalue weighted by atomic mass is 10.0. The van der Waals surface area contributed by atoms with E-state index in [1.165, 1.54) is 0 Å². The maximum Gasteiger partial charge on any atom is 0.265 e. The molecule has 3 aromatic rings. The molecule has 4 nitrogen and oxygen atoms in total. The average molecular weight is 361 g/mol. The van der Waals surface area contributed by atoms with Crippen molar-refractivity contribution in [3.05, 3.63) is 78.9 Å². The topological polar surface area (TPSA) is 47.6 Å². The third-order valence-electron chi connectivity index (χ3n) is 4.27. The number of para-hydroxylation sites is 3. The zero-order valence-corrected chi connectivity index (χ0v) is 15.5. The SMILES string of the molecule is CC[C@@H](Oc1ccccc1OC)C(=O)Nc1ccccc1-c1ccccc1.